The van der Waals surface area contributed by atoms with Crippen molar-refractivity contribution in [3.8, 4) is 6.07 Å². The van der Waals surface area contributed by atoms with Crippen LogP contribution in [-0.2, 0) is 14.8 Å². The molecular formula is C13H23N3O3S. The zero-order valence-corrected chi connectivity index (χ0v) is 12.7. The minimum atomic E-state index is -3.46. The Labute approximate surface area is 121 Å². The number of carbonyl (C=O) groups excluding carboxylic acids is 1. The third kappa shape index (κ3) is 6.35. The van der Waals surface area contributed by atoms with Crippen molar-refractivity contribution in [3.05, 3.63) is 0 Å². The minimum absolute atomic E-state index is 0.0459. The van der Waals surface area contributed by atoms with Crippen molar-refractivity contribution in [2.45, 2.75) is 64.0 Å². The summed E-state index contributed by atoms with van der Waals surface area (Å²) in [5, 5.41) is 11.3. The Morgan fingerprint density at radius 1 is 1.35 bits per heavy atom. The molecule has 0 heterocycles. The molecule has 1 atom stereocenters. The second-order valence-electron chi connectivity index (χ2n) is 5.26. The highest BCUT2D eigenvalue weighted by molar-refractivity contribution is 7.89. The molecule has 7 heteroatoms. The Balaban J connectivity index is 2.33. The molecule has 0 radical (unpaired) electrons. The van der Waals surface area contributed by atoms with Gasteiger partial charge in [-0.3, -0.25) is 4.79 Å². The second kappa shape index (κ2) is 8.22. The lowest BCUT2D eigenvalue weighted by Crippen LogP contribution is -2.47. The van der Waals surface area contributed by atoms with Crippen LogP contribution in [0.15, 0.2) is 0 Å². The van der Waals surface area contributed by atoms with Crippen LogP contribution in [0.4, 0.5) is 0 Å². The molecule has 1 aliphatic rings. The van der Waals surface area contributed by atoms with Crippen molar-refractivity contribution >= 4 is 15.9 Å². The first-order valence-corrected chi connectivity index (χ1v) is 8.77. The number of unbranched alkanes of at least 4 members (excludes halogenated alkanes) is 2. The van der Waals surface area contributed by atoms with Gasteiger partial charge in [-0.15, -0.1) is 0 Å². The van der Waals surface area contributed by atoms with E-state index < -0.39 is 16.1 Å². The normalized spacial score (nSPS) is 17.6. The Morgan fingerprint density at radius 3 is 2.60 bits per heavy atom. The quantitative estimate of drug-likeness (QED) is 0.654. The second-order valence-corrected chi connectivity index (χ2v) is 7.14. The first-order chi connectivity index (χ1) is 9.44. The maximum Gasteiger partial charge on any atom is 0.238 e. The fourth-order valence-corrected chi connectivity index (χ4v) is 3.62. The number of hydrogen-bond acceptors (Lipinski definition) is 4. The van der Waals surface area contributed by atoms with Crippen molar-refractivity contribution in [2.75, 3.05) is 5.75 Å². The van der Waals surface area contributed by atoms with Gasteiger partial charge in [0.2, 0.25) is 15.9 Å². The lowest BCUT2D eigenvalue weighted by atomic mass is 10.2. The van der Waals surface area contributed by atoms with Crippen LogP contribution in [0.25, 0.3) is 0 Å². The molecule has 1 fully saturated rings. The van der Waals surface area contributed by atoms with E-state index in [1.165, 1.54) is 0 Å². The van der Waals surface area contributed by atoms with E-state index in [1.54, 1.807) is 6.92 Å². The summed E-state index contributed by atoms with van der Waals surface area (Å²) in [6.07, 6.45) is 5.51. The number of hydrogen-bond donors (Lipinski definition) is 2. The van der Waals surface area contributed by atoms with Crippen LogP contribution in [0, 0.1) is 11.3 Å². The van der Waals surface area contributed by atoms with Gasteiger partial charge in [-0.05, 0) is 32.6 Å². The Kier molecular flexibility index (Phi) is 6.96. The first kappa shape index (κ1) is 16.9. The molecule has 1 rings (SSSR count). The van der Waals surface area contributed by atoms with Gasteiger partial charge in [0.1, 0.15) is 0 Å². The molecule has 0 bridgehead atoms. The third-order valence-corrected chi connectivity index (χ3v) is 4.94. The topological polar surface area (TPSA) is 99.1 Å². The van der Waals surface area contributed by atoms with Crippen LogP contribution in [0.3, 0.4) is 0 Å². The molecular weight excluding hydrogens is 278 g/mol. The maximum absolute atomic E-state index is 11.9. The van der Waals surface area contributed by atoms with Crippen LogP contribution in [0.2, 0.25) is 0 Å². The number of sulfonamides is 1. The van der Waals surface area contributed by atoms with Crippen molar-refractivity contribution in [1.29, 1.82) is 5.26 Å². The van der Waals surface area contributed by atoms with E-state index in [4.69, 9.17) is 5.26 Å². The molecule has 1 aliphatic carbocycles. The number of rotatable bonds is 8. The SMILES string of the molecule is C[C@@H](NS(=O)(=O)CCCCC#N)C(=O)NC1CCCC1. The predicted octanol–water partition coefficient (Wildman–Crippen LogP) is 1.05. The molecule has 0 aromatic rings. The first-order valence-electron chi connectivity index (χ1n) is 7.12. The number of carbonyl (C=O) groups is 1. The molecule has 0 aliphatic heterocycles. The van der Waals surface area contributed by atoms with Gasteiger partial charge in [0.05, 0.1) is 17.9 Å². The molecule has 6 nitrogen and oxygen atoms in total. The van der Waals surface area contributed by atoms with Crippen LogP contribution in [-0.4, -0.2) is 32.2 Å². The van der Waals surface area contributed by atoms with Crippen molar-refractivity contribution in [2.24, 2.45) is 0 Å². The molecule has 114 valence electrons. The number of nitriles is 1. The van der Waals surface area contributed by atoms with Crippen LogP contribution in [0.1, 0.15) is 51.9 Å². The zero-order valence-electron chi connectivity index (χ0n) is 11.9. The van der Waals surface area contributed by atoms with Gasteiger partial charge in [0, 0.05) is 12.5 Å². The third-order valence-electron chi connectivity index (χ3n) is 3.40. The van der Waals surface area contributed by atoms with Gasteiger partial charge in [0.15, 0.2) is 0 Å². The van der Waals surface area contributed by atoms with Gasteiger partial charge in [-0.25, -0.2) is 13.1 Å². The van der Waals surface area contributed by atoms with E-state index in [-0.39, 0.29) is 17.7 Å². The van der Waals surface area contributed by atoms with Gasteiger partial charge in [-0.2, -0.15) is 5.26 Å². The summed E-state index contributed by atoms with van der Waals surface area (Å²) in [6.45, 7) is 1.55. The summed E-state index contributed by atoms with van der Waals surface area (Å²) < 4.78 is 25.9. The number of nitrogens with one attached hydrogen (secondary N) is 2. The molecule has 2 N–H and O–H groups in total. The van der Waals surface area contributed by atoms with E-state index in [0.29, 0.717) is 19.3 Å². The molecule has 0 aromatic heterocycles. The number of amides is 1. The summed E-state index contributed by atoms with van der Waals surface area (Å²) in [5.74, 6) is -0.312. The standard InChI is InChI=1S/C13H23N3O3S/c1-11(13(17)15-12-7-3-4-8-12)16-20(18,19)10-6-2-5-9-14/h11-12,16H,2-8,10H2,1H3,(H,15,17)/t11-/m1/s1. The average Bonchev–Trinajstić information content (AvgIpc) is 2.87. The van der Waals surface area contributed by atoms with Gasteiger partial charge in [0.25, 0.3) is 0 Å². The highest BCUT2D eigenvalue weighted by Gasteiger charge is 2.23. The van der Waals surface area contributed by atoms with Crippen molar-refractivity contribution in [1.82, 2.24) is 10.0 Å². The molecule has 0 aromatic carbocycles. The van der Waals surface area contributed by atoms with E-state index in [9.17, 15) is 13.2 Å². The Bertz CT molecular complexity index is 450. The fourth-order valence-electron chi connectivity index (χ4n) is 2.27. The van der Waals surface area contributed by atoms with E-state index in [0.717, 1.165) is 25.7 Å². The Hall–Kier alpha value is -1.13. The lowest BCUT2D eigenvalue weighted by molar-refractivity contribution is -0.123. The van der Waals surface area contributed by atoms with E-state index in [1.807, 2.05) is 6.07 Å². The maximum atomic E-state index is 11.9. The predicted molar refractivity (Wildman–Crippen MR) is 76.2 cm³/mol. The van der Waals surface area contributed by atoms with E-state index in [2.05, 4.69) is 10.0 Å². The fraction of sp³-hybridized carbons (Fsp3) is 0.846. The smallest absolute Gasteiger partial charge is 0.238 e. The van der Waals surface area contributed by atoms with Crippen LogP contribution in [0.5, 0.6) is 0 Å². The monoisotopic (exact) mass is 301 g/mol. The highest BCUT2D eigenvalue weighted by atomic mass is 32.2. The van der Waals surface area contributed by atoms with E-state index >= 15 is 0 Å². The van der Waals surface area contributed by atoms with Crippen LogP contribution < -0.4 is 10.0 Å². The highest BCUT2D eigenvalue weighted by Crippen LogP contribution is 2.17. The molecule has 1 saturated carbocycles. The minimum Gasteiger partial charge on any atom is -0.352 e. The summed E-state index contributed by atoms with van der Waals surface area (Å²) in [7, 11) is -3.46. The zero-order chi connectivity index (χ0) is 15.0. The summed E-state index contributed by atoms with van der Waals surface area (Å²) in [4.78, 5) is 11.9. The molecule has 0 spiro atoms. The van der Waals surface area contributed by atoms with Gasteiger partial charge < -0.3 is 5.32 Å². The van der Waals surface area contributed by atoms with Crippen LogP contribution >= 0.6 is 0 Å². The van der Waals surface area contributed by atoms with Gasteiger partial charge in [-0.1, -0.05) is 12.8 Å². The van der Waals surface area contributed by atoms with Crippen molar-refractivity contribution < 1.29 is 13.2 Å². The summed E-state index contributed by atoms with van der Waals surface area (Å²) >= 11 is 0. The molecule has 20 heavy (non-hydrogen) atoms. The van der Waals surface area contributed by atoms with Crippen molar-refractivity contribution in [3.63, 3.8) is 0 Å². The molecule has 0 saturated heterocycles. The molecule has 0 unspecified atom stereocenters. The average molecular weight is 301 g/mol. The Morgan fingerprint density at radius 2 is 2.00 bits per heavy atom. The van der Waals surface area contributed by atoms with Gasteiger partial charge >= 0.3 is 0 Å². The largest absolute Gasteiger partial charge is 0.352 e. The summed E-state index contributed by atoms with van der Waals surface area (Å²) in [5.41, 5.74) is 0. The number of nitrogens with zero attached hydrogens (tertiary/aromatic N) is 1. The lowest BCUT2D eigenvalue weighted by Gasteiger charge is -2.17. The molecule has 1 amide bonds. The summed E-state index contributed by atoms with van der Waals surface area (Å²) in [6, 6.07) is 1.41.